The zero-order chi connectivity index (χ0) is 14.3. The van der Waals surface area contributed by atoms with Crippen LogP contribution >= 0.6 is 0 Å². The van der Waals surface area contributed by atoms with Crippen molar-refractivity contribution < 1.29 is 19.4 Å². The summed E-state index contributed by atoms with van der Waals surface area (Å²) in [5, 5.41) is 11.3. The Morgan fingerprint density at radius 3 is 2.63 bits per heavy atom. The molecule has 0 aliphatic rings. The SMILES string of the molecule is CCCOc1ccccc1/C=C(/NC(C)=O)C(=O)O. The molecular weight excluding hydrogens is 246 g/mol. The lowest BCUT2D eigenvalue weighted by Gasteiger charge is -2.09. The van der Waals surface area contributed by atoms with Gasteiger partial charge in [0.15, 0.2) is 0 Å². The molecule has 0 saturated carbocycles. The number of ether oxygens (including phenoxy) is 1. The minimum absolute atomic E-state index is 0.181. The first-order valence-corrected chi connectivity index (χ1v) is 5.99. The summed E-state index contributed by atoms with van der Waals surface area (Å²) in [5.41, 5.74) is 0.433. The second-order valence-electron chi connectivity index (χ2n) is 3.93. The van der Waals surface area contributed by atoms with E-state index in [1.165, 1.54) is 13.0 Å². The molecule has 0 saturated heterocycles. The Hall–Kier alpha value is -2.30. The standard InChI is InChI=1S/C14H17NO4/c1-3-8-19-13-7-5-4-6-11(13)9-12(14(17)18)15-10(2)16/h4-7,9H,3,8H2,1-2H3,(H,15,16)(H,17,18)/b12-9+. The van der Waals surface area contributed by atoms with E-state index >= 15 is 0 Å². The number of carbonyl (C=O) groups excluding carboxylic acids is 1. The van der Waals surface area contributed by atoms with Crippen LogP contribution < -0.4 is 10.1 Å². The highest BCUT2D eigenvalue weighted by atomic mass is 16.5. The van der Waals surface area contributed by atoms with Gasteiger partial charge in [-0.15, -0.1) is 0 Å². The van der Waals surface area contributed by atoms with Gasteiger partial charge in [-0.2, -0.15) is 0 Å². The second kappa shape index (κ2) is 7.20. The summed E-state index contributed by atoms with van der Waals surface area (Å²) in [5.74, 6) is -1.03. The molecule has 102 valence electrons. The molecule has 1 aromatic rings. The first-order chi connectivity index (χ1) is 9.04. The molecule has 1 amide bonds. The zero-order valence-electron chi connectivity index (χ0n) is 11.0. The Labute approximate surface area is 111 Å². The van der Waals surface area contributed by atoms with E-state index in [4.69, 9.17) is 9.84 Å². The summed E-state index contributed by atoms with van der Waals surface area (Å²) < 4.78 is 5.52. The van der Waals surface area contributed by atoms with Gasteiger partial charge in [0, 0.05) is 12.5 Å². The average molecular weight is 263 g/mol. The summed E-state index contributed by atoms with van der Waals surface area (Å²) in [6.45, 7) is 3.79. The molecule has 5 heteroatoms. The minimum Gasteiger partial charge on any atom is -0.493 e. The van der Waals surface area contributed by atoms with Gasteiger partial charge in [0.05, 0.1) is 6.61 Å². The third kappa shape index (κ3) is 4.83. The fraction of sp³-hybridized carbons (Fsp3) is 0.286. The lowest BCUT2D eigenvalue weighted by molar-refractivity contribution is -0.134. The number of hydrogen-bond acceptors (Lipinski definition) is 3. The molecule has 0 atom stereocenters. The van der Waals surface area contributed by atoms with Crippen LogP contribution in [0.4, 0.5) is 0 Å². The predicted octanol–water partition coefficient (Wildman–Crippen LogP) is 2.04. The Balaban J connectivity index is 3.05. The van der Waals surface area contributed by atoms with Crippen molar-refractivity contribution in [2.45, 2.75) is 20.3 Å². The topological polar surface area (TPSA) is 75.6 Å². The van der Waals surface area contributed by atoms with Crippen LogP contribution in [-0.4, -0.2) is 23.6 Å². The van der Waals surface area contributed by atoms with Crippen LogP contribution in [-0.2, 0) is 9.59 Å². The first-order valence-electron chi connectivity index (χ1n) is 5.99. The van der Waals surface area contributed by atoms with Crippen LogP contribution in [0.5, 0.6) is 5.75 Å². The molecule has 0 heterocycles. The van der Waals surface area contributed by atoms with E-state index < -0.39 is 11.9 Å². The Bertz CT molecular complexity index is 494. The molecule has 0 fully saturated rings. The maximum absolute atomic E-state index is 11.0. The smallest absolute Gasteiger partial charge is 0.352 e. The Kier molecular flexibility index (Phi) is 5.60. The Morgan fingerprint density at radius 2 is 2.05 bits per heavy atom. The van der Waals surface area contributed by atoms with Crippen molar-refractivity contribution in [1.29, 1.82) is 0 Å². The number of rotatable bonds is 6. The van der Waals surface area contributed by atoms with E-state index in [1.807, 2.05) is 6.92 Å². The lowest BCUT2D eigenvalue weighted by Crippen LogP contribution is -2.24. The number of para-hydroxylation sites is 1. The summed E-state index contributed by atoms with van der Waals surface area (Å²) in [4.78, 5) is 22.0. The van der Waals surface area contributed by atoms with Crippen LogP contribution in [0, 0.1) is 0 Å². The number of carbonyl (C=O) groups is 2. The molecule has 0 aromatic heterocycles. The molecule has 0 aliphatic heterocycles. The molecule has 0 aliphatic carbocycles. The molecule has 19 heavy (non-hydrogen) atoms. The quantitative estimate of drug-likeness (QED) is 0.770. The van der Waals surface area contributed by atoms with Gasteiger partial charge < -0.3 is 15.2 Å². The molecule has 0 unspecified atom stereocenters. The highest BCUT2D eigenvalue weighted by Gasteiger charge is 2.10. The number of hydrogen-bond donors (Lipinski definition) is 2. The van der Waals surface area contributed by atoms with Crippen molar-refractivity contribution in [1.82, 2.24) is 5.32 Å². The van der Waals surface area contributed by atoms with Gasteiger partial charge in [-0.3, -0.25) is 4.79 Å². The Morgan fingerprint density at radius 1 is 1.37 bits per heavy atom. The maximum Gasteiger partial charge on any atom is 0.352 e. The summed E-state index contributed by atoms with van der Waals surface area (Å²) in [6.07, 6.45) is 2.24. The van der Waals surface area contributed by atoms with E-state index in [9.17, 15) is 9.59 Å². The van der Waals surface area contributed by atoms with E-state index in [0.717, 1.165) is 6.42 Å². The van der Waals surface area contributed by atoms with Crippen LogP contribution in [0.3, 0.4) is 0 Å². The third-order valence-electron chi connectivity index (χ3n) is 2.22. The molecular formula is C14H17NO4. The van der Waals surface area contributed by atoms with Gasteiger partial charge in [-0.05, 0) is 18.6 Å². The largest absolute Gasteiger partial charge is 0.493 e. The van der Waals surface area contributed by atoms with Gasteiger partial charge in [-0.1, -0.05) is 25.1 Å². The molecule has 1 rings (SSSR count). The number of benzene rings is 1. The van der Waals surface area contributed by atoms with Crippen LogP contribution in [0.25, 0.3) is 6.08 Å². The molecule has 2 N–H and O–H groups in total. The molecule has 1 aromatic carbocycles. The molecule has 0 spiro atoms. The van der Waals surface area contributed by atoms with Crippen molar-refractivity contribution >= 4 is 18.0 Å². The second-order valence-corrected chi connectivity index (χ2v) is 3.93. The summed E-state index contributed by atoms with van der Waals surface area (Å²) >= 11 is 0. The fourth-order valence-electron chi connectivity index (χ4n) is 1.44. The van der Waals surface area contributed by atoms with Crippen molar-refractivity contribution in [3.63, 3.8) is 0 Å². The average Bonchev–Trinajstić information content (AvgIpc) is 2.36. The van der Waals surface area contributed by atoms with Gasteiger partial charge in [0.1, 0.15) is 11.4 Å². The van der Waals surface area contributed by atoms with E-state index in [2.05, 4.69) is 5.32 Å². The van der Waals surface area contributed by atoms with Crippen molar-refractivity contribution in [2.24, 2.45) is 0 Å². The van der Waals surface area contributed by atoms with E-state index in [0.29, 0.717) is 17.9 Å². The number of carboxylic acids is 1. The number of aliphatic carboxylic acids is 1. The number of nitrogens with one attached hydrogen (secondary N) is 1. The highest BCUT2D eigenvalue weighted by molar-refractivity contribution is 5.96. The van der Waals surface area contributed by atoms with Gasteiger partial charge in [0.2, 0.25) is 5.91 Å². The van der Waals surface area contributed by atoms with Crippen LogP contribution in [0.15, 0.2) is 30.0 Å². The van der Waals surface area contributed by atoms with E-state index in [-0.39, 0.29) is 5.70 Å². The highest BCUT2D eigenvalue weighted by Crippen LogP contribution is 2.20. The van der Waals surface area contributed by atoms with Gasteiger partial charge in [0.25, 0.3) is 0 Å². The minimum atomic E-state index is -1.19. The normalized spacial score (nSPS) is 10.9. The fourth-order valence-corrected chi connectivity index (χ4v) is 1.44. The number of amides is 1. The van der Waals surface area contributed by atoms with Crippen molar-refractivity contribution in [3.8, 4) is 5.75 Å². The molecule has 0 radical (unpaired) electrons. The van der Waals surface area contributed by atoms with Crippen LogP contribution in [0.2, 0.25) is 0 Å². The lowest BCUT2D eigenvalue weighted by atomic mass is 10.1. The summed E-state index contributed by atoms with van der Waals surface area (Å²) in [7, 11) is 0. The number of carboxylic acid groups (broad SMARTS) is 1. The third-order valence-corrected chi connectivity index (χ3v) is 2.22. The van der Waals surface area contributed by atoms with E-state index in [1.54, 1.807) is 24.3 Å². The first kappa shape index (κ1) is 14.8. The summed E-state index contributed by atoms with van der Waals surface area (Å²) in [6, 6.07) is 7.07. The van der Waals surface area contributed by atoms with Gasteiger partial charge in [-0.25, -0.2) is 4.79 Å². The maximum atomic E-state index is 11.0. The van der Waals surface area contributed by atoms with Crippen LogP contribution in [0.1, 0.15) is 25.8 Å². The van der Waals surface area contributed by atoms with Gasteiger partial charge >= 0.3 is 5.97 Å². The molecule has 5 nitrogen and oxygen atoms in total. The monoisotopic (exact) mass is 263 g/mol. The van der Waals surface area contributed by atoms with Crippen molar-refractivity contribution in [2.75, 3.05) is 6.61 Å². The predicted molar refractivity (Wildman–Crippen MR) is 71.7 cm³/mol. The molecule has 0 bridgehead atoms. The van der Waals surface area contributed by atoms with Crippen molar-refractivity contribution in [3.05, 3.63) is 35.5 Å². The zero-order valence-corrected chi connectivity index (χ0v) is 11.0.